The van der Waals surface area contributed by atoms with Crippen LogP contribution in [0.1, 0.15) is 18.3 Å². The normalized spacial score (nSPS) is 10.6. The summed E-state index contributed by atoms with van der Waals surface area (Å²) in [5, 5.41) is 15.1. The van der Waals surface area contributed by atoms with Crippen LogP contribution in [0.15, 0.2) is 64.7 Å². The number of aromatic nitrogens is 3. The number of hydrogen-bond acceptors (Lipinski definition) is 5. The number of amides is 2. The van der Waals surface area contributed by atoms with Crippen LogP contribution in [0.5, 0.6) is 0 Å². The van der Waals surface area contributed by atoms with E-state index < -0.39 is 0 Å². The van der Waals surface area contributed by atoms with E-state index in [0.29, 0.717) is 28.2 Å². The zero-order valence-corrected chi connectivity index (χ0v) is 21.1. The summed E-state index contributed by atoms with van der Waals surface area (Å²) in [5.74, 6) is 0.236. The third kappa shape index (κ3) is 6.93. The number of aryl methyl sites for hydroxylation is 1. The second-order valence-corrected chi connectivity index (χ2v) is 9.20. The van der Waals surface area contributed by atoms with Crippen LogP contribution < -0.4 is 10.6 Å². The smallest absolute Gasteiger partial charge is 0.234 e. The lowest BCUT2D eigenvalue weighted by Gasteiger charge is -2.11. The SMILES string of the molecule is C=CCn1c(CC(=O)Nc2ccccc2CC)nnc1SCC(=O)Nc1ccc(Br)c(Cl)c1. The Morgan fingerprint density at radius 2 is 1.97 bits per heavy atom. The average molecular weight is 549 g/mol. The molecule has 33 heavy (non-hydrogen) atoms. The summed E-state index contributed by atoms with van der Waals surface area (Å²) in [6.07, 6.45) is 2.58. The molecular weight excluding hydrogens is 526 g/mol. The topological polar surface area (TPSA) is 88.9 Å². The first-order valence-electron chi connectivity index (χ1n) is 10.2. The van der Waals surface area contributed by atoms with Gasteiger partial charge in [0.2, 0.25) is 11.8 Å². The number of nitrogens with one attached hydrogen (secondary N) is 2. The van der Waals surface area contributed by atoms with Gasteiger partial charge in [0.25, 0.3) is 0 Å². The number of rotatable bonds is 10. The second-order valence-electron chi connectivity index (χ2n) is 7.00. The van der Waals surface area contributed by atoms with Crippen molar-refractivity contribution >= 4 is 62.5 Å². The van der Waals surface area contributed by atoms with Gasteiger partial charge in [-0.05, 0) is 52.2 Å². The fraction of sp³-hybridized carbons (Fsp3) is 0.217. The zero-order valence-electron chi connectivity index (χ0n) is 18.0. The summed E-state index contributed by atoms with van der Waals surface area (Å²) in [7, 11) is 0. The van der Waals surface area contributed by atoms with Gasteiger partial charge in [-0.2, -0.15) is 0 Å². The first kappa shape index (κ1) is 25.0. The van der Waals surface area contributed by atoms with E-state index in [2.05, 4.69) is 43.3 Å². The Morgan fingerprint density at radius 3 is 2.70 bits per heavy atom. The summed E-state index contributed by atoms with van der Waals surface area (Å²) >= 11 is 10.6. The Kier molecular flexibility index (Phi) is 9.11. The monoisotopic (exact) mass is 547 g/mol. The van der Waals surface area contributed by atoms with E-state index in [4.69, 9.17) is 11.6 Å². The van der Waals surface area contributed by atoms with Crippen molar-refractivity contribution in [3.05, 3.63) is 76.0 Å². The Bertz CT molecular complexity index is 1170. The first-order valence-corrected chi connectivity index (χ1v) is 12.3. The van der Waals surface area contributed by atoms with E-state index in [-0.39, 0.29) is 24.0 Å². The van der Waals surface area contributed by atoms with E-state index in [1.54, 1.807) is 28.8 Å². The number of para-hydroxylation sites is 1. The lowest BCUT2D eigenvalue weighted by molar-refractivity contribution is -0.116. The van der Waals surface area contributed by atoms with Gasteiger partial charge >= 0.3 is 0 Å². The molecule has 2 aromatic carbocycles. The van der Waals surface area contributed by atoms with Crippen molar-refractivity contribution in [2.75, 3.05) is 16.4 Å². The molecule has 0 radical (unpaired) electrons. The summed E-state index contributed by atoms with van der Waals surface area (Å²) < 4.78 is 2.54. The number of carbonyl (C=O) groups excluding carboxylic acids is 2. The molecule has 0 atom stereocenters. The molecule has 0 saturated carbocycles. The molecule has 3 rings (SSSR count). The van der Waals surface area contributed by atoms with E-state index in [1.807, 2.05) is 31.2 Å². The summed E-state index contributed by atoms with van der Waals surface area (Å²) in [5.41, 5.74) is 2.46. The van der Waals surface area contributed by atoms with E-state index >= 15 is 0 Å². The lowest BCUT2D eigenvalue weighted by Crippen LogP contribution is -2.19. The van der Waals surface area contributed by atoms with E-state index in [9.17, 15) is 9.59 Å². The molecule has 0 aliphatic carbocycles. The molecule has 7 nitrogen and oxygen atoms in total. The van der Waals surface area contributed by atoms with Crippen LogP contribution >= 0.6 is 39.3 Å². The maximum absolute atomic E-state index is 12.6. The predicted molar refractivity (Wildman–Crippen MR) is 137 cm³/mol. The third-order valence-corrected chi connectivity index (χ3v) is 6.83. The Labute approximate surface area is 210 Å². The number of halogens is 2. The minimum atomic E-state index is -0.206. The van der Waals surface area contributed by atoms with Crippen LogP contribution in [0.25, 0.3) is 0 Å². The number of hydrogen-bond donors (Lipinski definition) is 2. The Hall–Kier alpha value is -2.62. The van der Waals surface area contributed by atoms with Gasteiger partial charge in [0.15, 0.2) is 5.16 Å². The number of benzene rings is 2. The maximum Gasteiger partial charge on any atom is 0.234 e. The Balaban J connectivity index is 1.63. The highest BCUT2D eigenvalue weighted by atomic mass is 79.9. The van der Waals surface area contributed by atoms with Crippen molar-refractivity contribution in [2.45, 2.75) is 31.5 Å². The number of carbonyl (C=O) groups is 2. The fourth-order valence-electron chi connectivity index (χ4n) is 3.06. The van der Waals surface area contributed by atoms with E-state index in [1.165, 1.54) is 11.8 Å². The predicted octanol–water partition coefficient (Wildman–Crippen LogP) is 5.35. The minimum Gasteiger partial charge on any atom is -0.325 e. The highest BCUT2D eigenvalue weighted by Gasteiger charge is 2.17. The lowest BCUT2D eigenvalue weighted by atomic mass is 10.1. The average Bonchev–Trinajstić information content (AvgIpc) is 3.16. The third-order valence-electron chi connectivity index (χ3n) is 4.63. The Morgan fingerprint density at radius 1 is 1.18 bits per heavy atom. The molecular formula is C23H23BrClN5O2S. The second kappa shape index (κ2) is 12.0. The van der Waals surface area contributed by atoms with Gasteiger partial charge < -0.3 is 15.2 Å². The van der Waals surface area contributed by atoms with Crippen molar-refractivity contribution < 1.29 is 9.59 Å². The van der Waals surface area contributed by atoms with Crippen LogP contribution in [0, 0.1) is 0 Å². The molecule has 172 valence electrons. The minimum absolute atomic E-state index is 0.0586. The maximum atomic E-state index is 12.6. The van der Waals surface area contributed by atoms with Crippen molar-refractivity contribution in [3.8, 4) is 0 Å². The molecule has 1 aromatic heterocycles. The molecule has 1 heterocycles. The molecule has 0 spiro atoms. The number of thioether (sulfide) groups is 1. The van der Waals surface area contributed by atoms with Crippen molar-refractivity contribution in [1.82, 2.24) is 14.8 Å². The van der Waals surface area contributed by atoms with Crippen LogP contribution in [-0.2, 0) is 29.0 Å². The molecule has 0 aliphatic rings. The highest BCUT2D eigenvalue weighted by Crippen LogP contribution is 2.26. The number of allylic oxidation sites excluding steroid dienone is 1. The van der Waals surface area contributed by atoms with Gasteiger partial charge in [0.1, 0.15) is 5.82 Å². The molecule has 0 saturated heterocycles. The zero-order chi connectivity index (χ0) is 23.8. The number of nitrogens with zero attached hydrogens (tertiary/aromatic N) is 3. The van der Waals surface area contributed by atoms with Gasteiger partial charge in [0, 0.05) is 22.4 Å². The standard InChI is InChI=1S/C23H23BrClN5O2S/c1-3-11-30-20(13-21(31)27-19-8-6-5-7-15(19)4-2)28-29-23(30)33-14-22(32)26-16-9-10-17(24)18(25)12-16/h3,5-10,12H,1,4,11,13-14H2,2H3,(H,26,32)(H,27,31). The molecule has 0 aliphatic heterocycles. The quantitative estimate of drug-likeness (QED) is 0.263. The molecule has 0 unspecified atom stereocenters. The van der Waals surface area contributed by atoms with Gasteiger partial charge in [-0.25, -0.2) is 0 Å². The fourth-order valence-corrected chi connectivity index (χ4v) is 4.25. The molecule has 10 heteroatoms. The summed E-state index contributed by atoms with van der Waals surface area (Å²) in [6, 6.07) is 12.9. The van der Waals surface area contributed by atoms with Crippen molar-refractivity contribution in [2.24, 2.45) is 0 Å². The van der Waals surface area contributed by atoms with Gasteiger partial charge in [-0.1, -0.05) is 54.6 Å². The molecule has 0 fully saturated rings. The first-order chi connectivity index (χ1) is 15.9. The number of anilines is 2. The van der Waals surface area contributed by atoms with Gasteiger partial charge in [0.05, 0.1) is 17.2 Å². The van der Waals surface area contributed by atoms with Crippen molar-refractivity contribution in [1.29, 1.82) is 0 Å². The molecule has 2 amide bonds. The highest BCUT2D eigenvalue weighted by molar-refractivity contribution is 9.10. The van der Waals surface area contributed by atoms with E-state index in [0.717, 1.165) is 22.1 Å². The molecule has 2 N–H and O–H groups in total. The summed E-state index contributed by atoms with van der Waals surface area (Å²) in [4.78, 5) is 25.0. The molecule has 3 aromatic rings. The summed E-state index contributed by atoms with van der Waals surface area (Å²) in [6.45, 7) is 6.23. The van der Waals surface area contributed by atoms with Gasteiger partial charge in [-0.3, -0.25) is 9.59 Å². The molecule has 0 bridgehead atoms. The van der Waals surface area contributed by atoms with Gasteiger partial charge in [-0.15, -0.1) is 16.8 Å². The van der Waals surface area contributed by atoms with Crippen LogP contribution in [0.3, 0.4) is 0 Å². The van der Waals surface area contributed by atoms with Crippen LogP contribution in [-0.4, -0.2) is 32.3 Å². The largest absolute Gasteiger partial charge is 0.325 e. The van der Waals surface area contributed by atoms with Crippen molar-refractivity contribution in [3.63, 3.8) is 0 Å². The van der Waals surface area contributed by atoms with Crippen LogP contribution in [0.2, 0.25) is 5.02 Å². The van der Waals surface area contributed by atoms with Crippen LogP contribution in [0.4, 0.5) is 11.4 Å².